The Morgan fingerprint density at radius 2 is 2.11 bits per heavy atom. The topological polar surface area (TPSA) is 66.4 Å². The predicted molar refractivity (Wildman–Crippen MR) is 76.7 cm³/mol. The fourth-order valence-corrected chi connectivity index (χ4v) is 2.53. The zero-order valence-electron chi connectivity index (χ0n) is 10.6. The standard InChI is InChI=1S/C13H16ClNO3S/c1-2-9(7-13(17)18)15-12(16)8-19-11-6-4-3-5-10(11)14/h3-6,9H,2,7-8H2,1H3,(H,15,16)(H,17,18). The quantitative estimate of drug-likeness (QED) is 0.760. The first kappa shape index (κ1) is 15.9. The van der Waals surface area contributed by atoms with Crippen LogP contribution in [0.5, 0.6) is 0 Å². The molecular weight excluding hydrogens is 286 g/mol. The first-order valence-electron chi connectivity index (χ1n) is 5.91. The molecule has 0 aliphatic heterocycles. The summed E-state index contributed by atoms with van der Waals surface area (Å²) in [5.74, 6) is -0.872. The van der Waals surface area contributed by atoms with Crippen molar-refractivity contribution in [2.75, 3.05) is 5.75 Å². The van der Waals surface area contributed by atoms with Crippen LogP contribution in [-0.2, 0) is 9.59 Å². The van der Waals surface area contributed by atoms with Gasteiger partial charge in [-0.3, -0.25) is 9.59 Å². The molecule has 1 amide bonds. The number of carbonyl (C=O) groups excluding carboxylic acids is 1. The van der Waals surface area contributed by atoms with Crippen molar-refractivity contribution in [2.45, 2.75) is 30.7 Å². The van der Waals surface area contributed by atoms with Crippen molar-refractivity contribution in [3.05, 3.63) is 29.3 Å². The van der Waals surface area contributed by atoms with E-state index in [1.54, 1.807) is 6.07 Å². The van der Waals surface area contributed by atoms with Crippen LogP contribution in [0, 0.1) is 0 Å². The van der Waals surface area contributed by atoms with Gasteiger partial charge in [0.2, 0.25) is 5.91 Å². The molecule has 0 heterocycles. The van der Waals surface area contributed by atoms with E-state index in [1.165, 1.54) is 11.8 Å². The number of halogens is 1. The highest BCUT2D eigenvalue weighted by Gasteiger charge is 2.14. The Kier molecular flexibility index (Phi) is 6.73. The molecule has 0 aromatic heterocycles. The van der Waals surface area contributed by atoms with Crippen molar-refractivity contribution < 1.29 is 14.7 Å². The van der Waals surface area contributed by atoms with E-state index in [1.807, 2.05) is 25.1 Å². The Morgan fingerprint density at radius 1 is 1.42 bits per heavy atom. The van der Waals surface area contributed by atoms with Gasteiger partial charge in [0, 0.05) is 10.9 Å². The minimum atomic E-state index is -0.911. The van der Waals surface area contributed by atoms with Gasteiger partial charge in [-0.05, 0) is 18.6 Å². The average Bonchev–Trinajstić information content (AvgIpc) is 2.36. The number of benzene rings is 1. The molecule has 0 saturated carbocycles. The summed E-state index contributed by atoms with van der Waals surface area (Å²) in [7, 11) is 0. The Hall–Kier alpha value is -1.20. The molecule has 1 unspecified atom stereocenters. The molecule has 1 aromatic carbocycles. The molecule has 0 spiro atoms. The molecule has 1 aromatic rings. The van der Waals surface area contributed by atoms with Gasteiger partial charge in [0.25, 0.3) is 0 Å². The van der Waals surface area contributed by atoms with Gasteiger partial charge in [0.15, 0.2) is 0 Å². The molecule has 0 aliphatic rings. The maximum absolute atomic E-state index is 11.7. The van der Waals surface area contributed by atoms with E-state index in [9.17, 15) is 9.59 Å². The number of carboxylic acid groups (broad SMARTS) is 1. The third kappa shape index (κ3) is 5.98. The van der Waals surface area contributed by atoms with E-state index in [2.05, 4.69) is 5.32 Å². The number of carbonyl (C=O) groups is 2. The molecule has 0 aliphatic carbocycles. The Labute approximate surface area is 121 Å². The maximum atomic E-state index is 11.7. The van der Waals surface area contributed by atoms with Gasteiger partial charge in [-0.2, -0.15) is 0 Å². The lowest BCUT2D eigenvalue weighted by Gasteiger charge is -2.14. The second-order valence-electron chi connectivity index (χ2n) is 3.99. The molecular formula is C13H16ClNO3S. The second-order valence-corrected chi connectivity index (χ2v) is 5.41. The first-order chi connectivity index (χ1) is 9.02. The summed E-state index contributed by atoms with van der Waals surface area (Å²) >= 11 is 7.31. The van der Waals surface area contributed by atoms with Crippen molar-refractivity contribution in [3.8, 4) is 0 Å². The lowest BCUT2D eigenvalue weighted by Crippen LogP contribution is -2.37. The molecule has 0 fully saturated rings. The summed E-state index contributed by atoms with van der Waals surface area (Å²) in [6.07, 6.45) is 0.536. The summed E-state index contributed by atoms with van der Waals surface area (Å²) in [4.78, 5) is 23.1. The largest absolute Gasteiger partial charge is 0.481 e. The molecule has 0 bridgehead atoms. The first-order valence-corrected chi connectivity index (χ1v) is 7.27. The van der Waals surface area contributed by atoms with E-state index in [-0.39, 0.29) is 24.1 Å². The van der Waals surface area contributed by atoms with E-state index >= 15 is 0 Å². The van der Waals surface area contributed by atoms with Crippen molar-refractivity contribution >= 4 is 35.2 Å². The van der Waals surface area contributed by atoms with E-state index < -0.39 is 5.97 Å². The summed E-state index contributed by atoms with van der Waals surface area (Å²) < 4.78 is 0. The van der Waals surface area contributed by atoms with Crippen LogP contribution in [0.4, 0.5) is 0 Å². The van der Waals surface area contributed by atoms with Crippen LogP contribution in [0.3, 0.4) is 0 Å². The number of hydrogen-bond acceptors (Lipinski definition) is 3. The average molecular weight is 302 g/mol. The molecule has 1 atom stereocenters. The molecule has 0 saturated heterocycles. The Morgan fingerprint density at radius 3 is 2.68 bits per heavy atom. The summed E-state index contributed by atoms with van der Waals surface area (Å²) in [6, 6.07) is 6.96. The lowest BCUT2D eigenvalue weighted by atomic mass is 10.1. The van der Waals surface area contributed by atoms with Gasteiger partial charge in [-0.1, -0.05) is 30.7 Å². The molecule has 2 N–H and O–H groups in total. The van der Waals surface area contributed by atoms with Gasteiger partial charge in [-0.15, -0.1) is 11.8 Å². The van der Waals surface area contributed by atoms with Gasteiger partial charge in [0.05, 0.1) is 17.2 Å². The minimum Gasteiger partial charge on any atom is -0.481 e. The van der Waals surface area contributed by atoms with Crippen molar-refractivity contribution in [1.82, 2.24) is 5.32 Å². The third-order valence-electron chi connectivity index (χ3n) is 2.47. The zero-order valence-corrected chi connectivity index (χ0v) is 12.1. The smallest absolute Gasteiger partial charge is 0.305 e. The number of thioether (sulfide) groups is 1. The molecule has 4 nitrogen and oxygen atoms in total. The highest BCUT2D eigenvalue weighted by Crippen LogP contribution is 2.26. The molecule has 19 heavy (non-hydrogen) atoms. The highest BCUT2D eigenvalue weighted by atomic mass is 35.5. The van der Waals surface area contributed by atoms with Gasteiger partial charge in [0.1, 0.15) is 0 Å². The Bertz CT molecular complexity index is 453. The highest BCUT2D eigenvalue weighted by molar-refractivity contribution is 8.00. The number of carboxylic acids is 1. The molecule has 104 valence electrons. The summed E-state index contributed by atoms with van der Waals surface area (Å²) in [5.41, 5.74) is 0. The van der Waals surface area contributed by atoms with Crippen LogP contribution in [0.25, 0.3) is 0 Å². The summed E-state index contributed by atoms with van der Waals surface area (Å²) in [6.45, 7) is 1.84. The van der Waals surface area contributed by atoms with E-state index in [0.717, 1.165) is 4.90 Å². The molecule has 0 radical (unpaired) electrons. The van der Waals surface area contributed by atoms with Crippen LogP contribution in [-0.4, -0.2) is 28.8 Å². The monoisotopic (exact) mass is 301 g/mol. The zero-order chi connectivity index (χ0) is 14.3. The third-order valence-corrected chi connectivity index (χ3v) is 3.99. The predicted octanol–water partition coefficient (Wildman–Crippen LogP) is 2.80. The van der Waals surface area contributed by atoms with Crippen LogP contribution in [0.2, 0.25) is 5.02 Å². The number of rotatable bonds is 7. The van der Waals surface area contributed by atoms with Crippen molar-refractivity contribution in [3.63, 3.8) is 0 Å². The fourth-order valence-electron chi connectivity index (χ4n) is 1.48. The number of nitrogens with one attached hydrogen (secondary N) is 1. The van der Waals surface area contributed by atoms with Crippen LogP contribution < -0.4 is 5.32 Å². The normalized spacial score (nSPS) is 11.9. The molecule has 1 rings (SSSR count). The van der Waals surface area contributed by atoms with Crippen molar-refractivity contribution in [2.24, 2.45) is 0 Å². The second kappa shape index (κ2) is 8.07. The Balaban J connectivity index is 2.43. The van der Waals surface area contributed by atoms with Gasteiger partial charge >= 0.3 is 5.97 Å². The fraction of sp³-hybridized carbons (Fsp3) is 0.385. The number of hydrogen-bond donors (Lipinski definition) is 2. The summed E-state index contributed by atoms with van der Waals surface area (Å²) in [5, 5.41) is 12.0. The maximum Gasteiger partial charge on any atom is 0.305 e. The number of aliphatic carboxylic acids is 1. The SMILES string of the molecule is CCC(CC(=O)O)NC(=O)CSc1ccccc1Cl. The van der Waals surface area contributed by atoms with Crippen LogP contribution in [0.15, 0.2) is 29.2 Å². The van der Waals surface area contributed by atoms with E-state index in [4.69, 9.17) is 16.7 Å². The van der Waals surface area contributed by atoms with Crippen molar-refractivity contribution in [1.29, 1.82) is 0 Å². The minimum absolute atomic E-state index is 0.0565. The molecule has 6 heteroatoms. The van der Waals surface area contributed by atoms with Gasteiger partial charge in [-0.25, -0.2) is 0 Å². The van der Waals surface area contributed by atoms with Crippen LogP contribution >= 0.6 is 23.4 Å². The number of amides is 1. The lowest BCUT2D eigenvalue weighted by molar-refractivity contribution is -0.137. The van der Waals surface area contributed by atoms with E-state index in [0.29, 0.717) is 11.4 Å². The van der Waals surface area contributed by atoms with Crippen LogP contribution in [0.1, 0.15) is 19.8 Å². The van der Waals surface area contributed by atoms with Gasteiger partial charge < -0.3 is 10.4 Å².